The number of nitrogens with zero attached hydrogens (tertiary/aromatic N) is 2. The fourth-order valence-electron chi connectivity index (χ4n) is 2.63. The predicted octanol–water partition coefficient (Wildman–Crippen LogP) is 1.57. The van der Waals surface area contributed by atoms with Crippen molar-refractivity contribution in [2.24, 2.45) is 0 Å². The van der Waals surface area contributed by atoms with E-state index in [1.54, 1.807) is 0 Å². The van der Waals surface area contributed by atoms with E-state index in [1.165, 1.54) is 52.0 Å². The first kappa shape index (κ1) is 12.8. The number of hydrogen-bond donors (Lipinski definition) is 0. The zero-order chi connectivity index (χ0) is 11.2. The number of ether oxygens (including phenoxy) is 1. The van der Waals surface area contributed by atoms with Gasteiger partial charge in [0.25, 0.3) is 0 Å². The van der Waals surface area contributed by atoms with Crippen LogP contribution in [0.5, 0.6) is 0 Å². The van der Waals surface area contributed by atoms with Crippen LogP contribution in [0.1, 0.15) is 19.3 Å². The Kier molecular flexibility index (Phi) is 5.56. The number of hydrogen-bond acceptors (Lipinski definition) is 3. The highest BCUT2D eigenvalue weighted by molar-refractivity contribution is 9.09. The van der Waals surface area contributed by atoms with E-state index < -0.39 is 0 Å². The molecule has 2 saturated heterocycles. The van der Waals surface area contributed by atoms with Gasteiger partial charge >= 0.3 is 0 Å². The Hall–Kier alpha value is 0.360. The molecule has 16 heavy (non-hydrogen) atoms. The van der Waals surface area contributed by atoms with E-state index in [0.717, 1.165) is 18.5 Å². The third-order valence-corrected chi connectivity index (χ3v) is 3.92. The van der Waals surface area contributed by atoms with Gasteiger partial charge in [0.1, 0.15) is 0 Å². The van der Waals surface area contributed by atoms with Crippen molar-refractivity contribution in [1.82, 2.24) is 9.80 Å². The molecule has 0 radical (unpaired) electrons. The summed E-state index contributed by atoms with van der Waals surface area (Å²) >= 11 is 3.52. The van der Waals surface area contributed by atoms with Crippen molar-refractivity contribution in [2.45, 2.75) is 25.4 Å². The number of alkyl halides is 1. The van der Waals surface area contributed by atoms with Crippen molar-refractivity contribution in [1.29, 1.82) is 0 Å². The highest BCUT2D eigenvalue weighted by atomic mass is 79.9. The maximum atomic E-state index is 5.71. The molecule has 0 aromatic heterocycles. The minimum atomic E-state index is 0.516. The van der Waals surface area contributed by atoms with Crippen LogP contribution in [-0.4, -0.2) is 67.1 Å². The van der Waals surface area contributed by atoms with Gasteiger partial charge in [0.2, 0.25) is 0 Å². The smallest absolute Gasteiger partial charge is 0.0702 e. The maximum absolute atomic E-state index is 5.71. The Balaban J connectivity index is 1.70. The van der Waals surface area contributed by atoms with Crippen molar-refractivity contribution in [2.75, 3.05) is 51.2 Å². The van der Waals surface area contributed by atoms with E-state index >= 15 is 0 Å². The van der Waals surface area contributed by atoms with E-state index in [0.29, 0.717) is 6.10 Å². The molecule has 0 bridgehead atoms. The summed E-state index contributed by atoms with van der Waals surface area (Å²) in [6.07, 6.45) is 4.35. The van der Waals surface area contributed by atoms with Crippen LogP contribution < -0.4 is 0 Å². The highest BCUT2D eigenvalue weighted by Crippen LogP contribution is 2.14. The first-order chi connectivity index (χ1) is 7.88. The molecule has 2 aliphatic rings. The van der Waals surface area contributed by atoms with Crippen LogP contribution in [0.4, 0.5) is 0 Å². The van der Waals surface area contributed by atoms with Gasteiger partial charge in [0, 0.05) is 38.1 Å². The SMILES string of the molecule is BrCCN1CCCN(CC2CCCO2)CC1. The fourth-order valence-corrected chi connectivity index (χ4v) is 3.13. The molecule has 0 aromatic rings. The van der Waals surface area contributed by atoms with Crippen LogP contribution in [-0.2, 0) is 4.74 Å². The second-order valence-corrected chi connectivity index (χ2v) is 5.61. The Bertz CT molecular complexity index is 197. The lowest BCUT2D eigenvalue weighted by atomic mass is 10.2. The topological polar surface area (TPSA) is 15.7 Å². The summed E-state index contributed by atoms with van der Waals surface area (Å²) in [7, 11) is 0. The second kappa shape index (κ2) is 6.94. The van der Waals surface area contributed by atoms with Gasteiger partial charge in [-0.05, 0) is 32.4 Å². The second-order valence-electron chi connectivity index (χ2n) is 4.82. The van der Waals surface area contributed by atoms with Crippen molar-refractivity contribution in [3.05, 3.63) is 0 Å². The van der Waals surface area contributed by atoms with Crippen LogP contribution in [0, 0.1) is 0 Å². The van der Waals surface area contributed by atoms with E-state index in [2.05, 4.69) is 25.7 Å². The minimum absolute atomic E-state index is 0.516. The average Bonchev–Trinajstić information content (AvgIpc) is 2.68. The molecular formula is C12H23BrN2O. The van der Waals surface area contributed by atoms with Gasteiger partial charge < -0.3 is 9.64 Å². The van der Waals surface area contributed by atoms with Crippen LogP contribution in [0.15, 0.2) is 0 Å². The molecule has 0 saturated carbocycles. The molecule has 1 unspecified atom stereocenters. The van der Waals surface area contributed by atoms with Gasteiger partial charge in [0.15, 0.2) is 0 Å². The van der Waals surface area contributed by atoms with Crippen molar-refractivity contribution < 1.29 is 4.74 Å². The standard InChI is InChI=1S/C12H23BrN2O/c13-4-7-14-5-2-6-15(9-8-14)11-12-3-1-10-16-12/h12H,1-11H2. The van der Waals surface area contributed by atoms with Crippen LogP contribution >= 0.6 is 15.9 Å². The summed E-state index contributed by atoms with van der Waals surface area (Å²) in [6.45, 7) is 8.27. The molecule has 2 fully saturated rings. The minimum Gasteiger partial charge on any atom is -0.377 e. The summed E-state index contributed by atoms with van der Waals surface area (Å²) in [6, 6.07) is 0. The molecule has 94 valence electrons. The molecule has 0 amide bonds. The monoisotopic (exact) mass is 290 g/mol. The Morgan fingerprint density at radius 1 is 1.06 bits per heavy atom. The summed E-state index contributed by atoms with van der Waals surface area (Å²) < 4.78 is 5.71. The van der Waals surface area contributed by atoms with Gasteiger partial charge in [0.05, 0.1) is 6.10 Å². The van der Waals surface area contributed by atoms with Crippen LogP contribution in [0.25, 0.3) is 0 Å². The van der Waals surface area contributed by atoms with E-state index in [-0.39, 0.29) is 0 Å². The highest BCUT2D eigenvalue weighted by Gasteiger charge is 2.21. The molecule has 2 heterocycles. The van der Waals surface area contributed by atoms with E-state index in [4.69, 9.17) is 4.74 Å². The zero-order valence-corrected chi connectivity index (χ0v) is 11.6. The summed E-state index contributed by atoms with van der Waals surface area (Å²) in [5, 5.41) is 1.10. The normalized spacial score (nSPS) is 29.4. The molecule has 0 N–H and O–H groups in total. The third-order valence-electron chi connectivity index (χ3n) is 3.57. The van der Waals surface area contributed by atoms with Gasteiger partial charge in [-0.1, -0.05) is 15.9 Å². The Labute approximate surface area is 107 Å². The Morgan fingerprint density at radius 2 is 1.88 bits per heavy atom. The molecule has 0 aromatic carbocycles. The molecule has 4 heteroatoms. The van der Waals surface area contributed by atoms with Crippen LogP contribution in [0.3, 0.4) is 0 Å². The summed E-state index contributed by atoms with van der Waals surface area (Å²) in [4.78, 5) is 5.15. The van der Waals surface area contributed by atoms with Crippen molar-refractivity contribution in [3.63, 3.8) is 0 Å². The zero-order valence-electron chi connectivity index (χ0n) is 10.0. The lowest BCUT2D eigenvalue weighted by Gasteiger charge is -2.23. The molecule has 0 spiro atoms. The first-order valence-electron chi connectivity index (χ1n) is 6.51. The molecule has 1 atom stereocenters. The largest absolute Gasteiger partial charge is 0.377 e. The average molecular weight is 291 g/mol. The molecule has 3 nitrogen and oxygen atoms in total. The van der Waals surface area contributed by atoms with Crippen LogP contribution in [0.2, 0.25) is 0 Å². The first-order valence-corrected chi connectivity index (χ1v) is 7.63. The molecule has 2 aliphatic heterocycles. The van der Waals surface area contributed by atoms with Crippen molar-refractivity contribution in [3.8, 4) is 0 Å². The summed E-state index contributed by atoms with van der Waals surface area (Å²) in [5.41, 5.74) is 0. The number of rotatable bonds is 4. The van der Waals surface area contributed by atoms with Gasteiger partial charge in [-0.3, -0.25) is 4.90 Å². The third kappa shape index (κ3) is 3.99. The van der Waals surface area contributed by atoms with Gasteiger partial charge in [-0.15, -0.1) is 0 Å². The summed E-state index contributed by atoms with van der Waals surface area (Å²) in [5.74, 6) is 0. The van der Waals surface area contributed by atoms with Crippen molar-refractivity contribution >= 4 is 15.9 Å². The molecular weight excluding hydrogens is 268 g/mol. The van der Waals surface area contributed by atoms with Gasteiger partial charge in [-0.25, -0.2) is 0 Å². The maximum Gasteiger partial charge on any atom is 0.0702 e. The van der Waals surface area contributed by atoms with E-state index in [9.17, 15) is 0 Å². The number of halogens is 1. The Morgan fingerprint density at radius 3 is 2.62 bits per heavy atom. The van der Waals surface area contributed by atoms with E-state index in [1.807, 2.05) is 0 Å². The lowest BCUT2D eigenvalue weighted by molar-refractivity contribution is 0.0744. The predicted molar refractivity (Wildman–Crippen MR) is 70.3 cm³/mol. The molecule has 2 rings (SSSR count). The quantitative estimate of drug-likeness (QED) is 0.731. The lowest BCUT2D eigenvalue weighted by Crippen LogP contribution is -2.36. The molecule has 0 aliphatic carbocycles. The van der Waals surface area contributed by atoms with Gasteiger partial charge in [-0.2, -0.15) is 0 Å². The fraction of sp³-hybridized carbons (Fsp3) is 1.00.